The molecule has 2 unspecified atom stereocenters. The molecule has 19 heavy (non-hydrogen) atoms. The molecule has 2 N–H and O–H groups in total. The van der Waals surface area contributed by atoms with E-state index in [4.69, 9.17) is 0 Å². The molecular weight excluding hydrogens is 258 g/mol. The second-order valence-corrected chi connectivity index (χ2v) is 6.55. The van der Waals surface area contributed by atoms with Gasteiger partial charge in [0, 0.05) is 43.7 Å². The molecule has 0 aromatic carbocycles. The van der Waals surface area contributed by atoms with Crippen LogP contribution in [0.2, 0.25) is 0 Å². The first-order valence-electron chi connectivity index (χ1n) is 7.47. The number of hydrogen-bond acceptors (Lipinski definition) is 4. The molecule has 0 spiro atoms. The number of hydrogen-bond donors (Lipinski definition) is 2. The highest BCUT2D eigenvalue weighted by molar-refractivity contribution is 7.99. The van der Waals surface area contributed by atoms with E-state index in [1.165, 1.54) is 24.6 Å². The smallest absolute Gasteiger partial charge is 0.237 e. The Kier molecular flexibility index (Phi) is 8.50. The zero-order valence-electron chi connectivity index (χ0n) is 12.6. The second kappa shape index (κ2) is 9.61. The van der Waals surface area contributed by atoms with Gasteiger partial charge in [-0.25, -0.2) is 0 Å². The van der Waals surface area contributed by atoms with E-state index >= 15 is 0 Å². The predicted octanol–water partition coefficient (Wildman–Crippen LogP) is 1.32. The first kappa shape index (κ1) is 16.8. The standard InChI is InChI=1S/C14H29N3OS/c1-4-5-12(2)16-14(18)13(3)15-6-7-17-8-10-19-11-9-17/h12-13,15H,4-11H2,1-3H3,(H,16,18). The molecule has 1 aliphatic heterocycles. The SMILES string of the molecule is CCCC(C)NC(=O)C(C)NCCN1CCSCC1. The van der Waals surface area contributed by atoms with Crippen LogP contribution in [0.15, 0.2) is 0 Å². The summed E-state index contributed by atoms with van der Waals surface area (Å²) in [6, 6.07) is 0.180. The minimum Gasteiger partial charge on any atom is -0.352 e. The highest BCUT2D eigenvalue weighted by Crippen LogP contribution is 2.07. The lowest BCUT2D eigenvalue weighted by molar-refractivity contribution is -0.123. The van der Waals surface area contributed by atoms with E-state index in [1.54, 1.807) is 0 Å². The van der Waals surface area contributed by atoms with Crippen LogP contribution in [0.3, 0.4) is 0 Å². The fourth-order valence-corrected chi connectivity index (χ4v) is 3.21. The Morgan fingerprint density at radius 1 is 1.32 bits per heavy atom. The van der Waals surface area contributed by atoms with Crippen molar-refractivity contribution in [2.75, 3.05) is 37.7 Å². The molecule has 1 saturated heterocycles. The Bertz CT molecular complexity index is 257. The molecule has 0 saturated carbocycles. The summed E-state index contributed by atoms with van der Waals surface area (Å²) in [5, 5.41) is 6.37. The molecule has 5 heteroatoms. The van der Waals surface area contributed by atoms with Crippen LogP contribution in [0.5, 0.6) is 0 Å². The largest absolute Gasteiger partial charge is 0.352 e. The molecule has 0 radical (unpaired) electrons. The van der Waals surface area contributed by atoms with Crippen molar-refractivity contribution in [2.24, 2.45) is 0 Å². The van der Waals surface area contributed by atoms with Crippen molar-refractivity contribution in [1.82, 2.24) is 15.5 Å². The maximum absolute atomic E-state index is 11.9. The van der Waals surface area contributed by atoms with Crippen LogP contribution in [0.25, 0.3) is 0 Å². The lowest BCUT2D eigenvalue weighted by Crippen LogP contribution is -2.47. The topological polar surface area (TPSA) is 44.4 Å². The molecule has 4 nitrogen and oxygen atoms in total. The molecule has 1 heterocycles. The van der Waals surface area contributed by atoms with Crippen molar-refractivity contribution < 1.29 is 4.79 Å². The molecule has 0 aliphatic carbocycles. The minimum atomic E-state index is -0.0986. The monoisotopic (exact) mass is 287 g/mol. The van der Waals surface area contributed by atoms with Crippen LogP contribution >= 0.6 is 11.8 Å². The predicted molar refractivity (Wildman–Crippen MR) is 83.7 cm³/mol. The summed E-state index contributed by atoms with van der Waals surface area (Å²) < 4.78 is 0. The van der Waals surface area contributed by atoms with Crippen LogP contribution in [-0.2, 0) is 4.79 Å². The Morgan fingerprint density at radius 3 is 2.63 bits per heavy atom. The second-order valence-electron chi connectivity index (χ2n) is 5.33. The fourth-order valence-electron chi connectivity index (χ4n) is 2.23. The summed E-state index contributed by atoms with van der Waals surface area (Å²) >= 11 is 2.03. The molecule has 1 fully saturated rings. The first-order chi connectivity index (χ1) is 9.13. The van der Waals surface area contributed by atoms with Crippen LogP contribution in [-0.4, -0.2) is 60.6 Å². The molecule has 1 rings (SSSR count). The normalized spacial score (nSPS) is 19.9. The lowest BCUT2D eigenvalue weighted by Gasteiger charge is -2.26. The highest BCUT2D eigenvalue weighted by Gasteiger charge is 2.15. The maximum Gasteiger partial charge on any atom is 0.237 e. The van der Waals surface area contributed by atoms with Crippen molar-refractivity contribution in [3.8, 4) is 0 Å². The number of thioether (sulfide) groups is 1. The van der Waals surface area contributed by atoms with Gasteiger partial charge in [0.15, 0.2) is 0 Å². The van der Waals surface area contributed by atoms with Gasteiger partial charge in [0.2, 0.25) is 5.91 Å². The van der Waals surface area contributed by atoms with Crippen LogP contribution in [0.4, 0.5) is 0 Å². The Balaban J connectivity index is 2.11. The third kappa shape index (κ3) is 7.18. The summed E-state index contributed by atoms with van der Waals surface area (Å²) in [6.07, 6.45) is 2.15. The molecule has 1 aliphatic rings. The van der Waals surface area contributed by atoms with Gasteiger partial charge in [0.1, 0.15) is 0 Å². The fraction of sp³-hybridized carbons (Fsp3) is 0.929. The van der Waals surface area contributed by atoms with Crippen molar-refractivity contribution in [3.05, 3.63) is 0 Å². The van der Waals surface area contributed by atoms with Gasteiger partial charge in [-0.15, -0.1) is 0 Å². The molecule has 0 aromatic heterocycles. The van der Waals surface area contributed by atoms with Gasteiger partial charge >= 0.3 is 0 Å². The number of nitrogens with zero attached hydrogens (tertiary/aromatic N) is 1. The quantitative estimate of drug-likeness (QED) is 0.707. The highest BCUT2D eigenvalue weighted by atomic mass is 32.2. The van der Waals surface area contributed by atoms with Crippen molar-refractivity contribution >= 4 is 17.7 Å². The summed E-state index contributed by atoms with van der Waals surface area (Å²) in [6.45, 7) is 10.5. The molecule has 1 amide bonds. The summed E-state index contributed by atoms with van der Waals surface area (Å²) in [5.74, 6) is 2.60. The van der Waals surface area contributed by atoms with Crippen LogP contribution < -0.4 is 10.6 Å². The van der Waals surface area contributed by atoms with Gasteiger partial charge in [0.05, 0.1) is 6.04 Å². The average Bonchev–Trinajstić information content (AvgIpc) is 2.40. The number of nitrogens with one attached hydrogen (secondary N) is 2. The lowest BCUT2D eigenvalue weighted by atomic mass is 10.2. The number of rotatable bonds is 8. The van der Waals surface area contributed by atoms with Crippen molar-refractivity contribution in [1.29, 1.82) is 0 Å². The van der Waals surface area contributed by atoms with Crippen molar-refractivity contribution in [2.45, 2.75) is 45.7 Å². The van der Waals surface area contributed by atoms with Gasteiger partial charge in [-0.2, -0.15) is 11.8 Å². The van der Waals surface area contributed by atoms with Gasteiger partial charge in [-0.1, -0.05) is 13.3 Å². The molecule has 0 bridgehead atoms. The van der Waals surface area contributed by atoms with E-state index in [2.05, 4.69) is 29.4 Å². The average molecular weight is 287 g/mol. The number of carbonyl (C=O) groups is 1. The summed E-state index contributed by atoms with van der Waals surface area (Å²) in [4.78, 5) is 14.4. The summed E-state index contributed by atoms with van der Waals surface area (Å²) in [7, 11) is 0. The third-order valence-corrected chi connectivity index (χ3v) is 4.43. The maximum atomic E-state index is 11.9. The summed E-state index contributed by atoms with van der Waals surface area (Å²) in [5.41, 5.74) is 0. The van der Waals surface area contributed by atoms with E-state index in [9.17, 15) is 4.79 Å². The zero-order valence-corrected chi connectivity index (χ0v) is 13.4. The van der Waals surface area contributed by atoms with Crippen LogP contribution in [0.1, 0.15) is 33.6 Å². The van der Waals surface area contributed by atoms with E-state index in [-0.39, 0.29) is 18.0 Å². The van der Waals surface area contributed by atoms with E-state index in [0.717, 1.165) is 25.9 Å². The van der Waals surface area contributed by atoms with Gasteiger partial charge in [0.25, 0.3) is 0 Å². The third-order valence-electron chi connectivity index (χ3n) is 3.49. The van der Waals surface area contributed by atoms with E-state index < -0.39 is 0 Å². The van der Waals surface area contributed by atoms with Crippen molar-refractivity contribution in [3.63, 3.8) is 0 Å². The van der Waals surface area contributed by atoms with E-state index in [1.807, 2.05) is 18.7 Å². The van der Waals surface area contributed by atoms with Gasteiger partial charge in [-0.05, 0) is 20.3 Å². The molecule has 112 valence electrons. The van der Waals surface area contributed by atoms with Crippen LogP contribution in [0, 0.1) is 0 Å². The number of carbonyl (C=O) groups excluding carboxylic acids is 1. The number of amides is 1. The Hall–Kier alpha value is -0.260. The van der Waals surface area contributed by atoms with E-state index in [0.29, 0.717) is 0 Å². The molecular formula is C14H29N3OS. The zero-order chi connectivity index (χ0) is 14.1. The Morgan fingerprint density at radius 2 is 2.00 bits per heavy atom. The molecule has 2 atom stereocenters. The Labute approximate surface area is 122 Å². The molecule has 0 aromatic rings. The van der Waals surface area contributed by atoms with Gasteiger partial charge < -0.3 is 15.5 Å². The minimum absolute atomic E-state index is 0.0986. The van der Waals surface area contributed by atoms with Gasteiger partial charge in [-0.3, -0.25) is 4.79 Å². The first-order valence-corrected chi connectivity index (χ1v) is 8.62.